The van der Waals surface area contributed by atoms with Gasteiger partial charge < -0.3 is 10.1 Å². The Morgan fingerprint density at radius 3 is 2.79 bits per heavy atom. The minimum absolute atomic E-state index is 0.108. The van der Waals surface area contributed by atoms with Crippen LogP contribution in [0.15, 0.2) is 12.3 Å². The lowest BCUT2D eigenvalue weighted by Crippen LogP contribution is -2.41. The Morgan fingerprint density at radius 1 is 1.57 bits per heavy atom. The summed E-state index contributed by atoms with van der Waals surface area (Å²) in [5.41, 5.74) is 0. The monoisotopic (exact) mass is 209 g/mol. The number of halogens is 3. The predicted octanol–water partition coefficient (Wildman–Crippen LogP) is 1.36. The van der Waals surface area contributed by atoms with Gasteiger partial charge in [-0.05, 0) is 18.9 Å². The van der Waals surface area contributed by atoms with Crippen molar-refractivity contribution in [1.29, 1.82) is 0 Å². The number of nitrogens with one attached hydrogen (secondary N) is 1. The maximum atomic E-state index is 11.7. The Labute approximate surface area is 78.9 Å². The molecule has 6 heteroatoms. The number of ether oxygens (including phenoxy) is 1. The Bertz CT molecular complexity index is 237. The molecule has 0 bridgehead atoms. The Balaban J connectivity index is 2.26. The molecule has 14 heavy (non-hydrogen) atoms. The molecule has 0 saturated carbocycles. The number of amides is 1. The van der Waals surface area contributed by atoms with Crippen molar-refractivity contribution in [2.75, 3.05) is 6.54 Å². The highest BCUT2D eigenvalue weighted by Gasteiger charge is 2.38. The normalized spacial score (nSPS) is 21.5. The van der Waals surface area contributed by atoms with Crippen LogP contribution < -0.4 is 5.32 Å². The van der Waals surface area contributed by atoms with E-state index in [4.69, 9.17) is 4.74 Å². The highest BCUT2D eigenvalue weighted by Crippen LogP contribution is 2.15. The molecule has 0 aromatic heterocycles. The van der Waals surface area contributed by atoms with Crippen LogP contribution in [0.25, 0.3) is 0 Å². The number of rotatable bonds is 2. The van der Waals surface area contributed by atoms with Crippen LogP contribution in [-0.2, 0) is 9.53 Å². The molecule has 0 aromatic rings. The number of alkyl halides is 3. The largest absolute Gasteiger partial charge is 0.497 e. The van der Waals surface area contributed by atoms with Gasteiger partial charge in [0.05, 0.1) is 12.8 Å². The molecule has 80 valence electrons. The third-order valence-electron chi connectivity index (χ3n) is 1.77. The third kappa shape index (κ3) is 3.27. The average molecular weight is 209 g/mol. The van der Waals surface area contributed by atoms with E-state index in [9.17, 15) is 18.0 Å². The Hall–Kier alpha value is -1.20. The molecule has 1 aliphatic heterocycles. The molecule has 3 nitrogen and oxygen atoms in total. The van der Waals surface area contributed by atoms with Crippen LogP contribution in [0.3, 0.4) is 0 Å². The summed E-state index contributed by atoms with van der Waals surface area (Å²) in [7, 11) is 0. The first kappa shape index (κ1) is 10.9. The summed E-state index contributed by atoms with van der Waals surface area (Å²) in [6.45, 7) is -0.108. The van der Waals surface area contributed by atoms with E-state index in [0.717, 1.165) is 6.42 Å². The SMILES string of the molecule is O=C(NCC1CCC=CO1)C(F)(F)F. The summed E-state index contributed by atoms with van der Waals surface area (Å²) in [5.74, 6) is -1.92. The van der Waals surface area contributed by atoms with Gasteiger partial charge in [0.1, 0.15) is 6.10 Å². The molecular formula is C8H10F3NO2. The molecule has 1 N–H and O–H groups in total. The molecule has 0 radical (unpaired) electrons. The zero-order valence-corrected chi connectivity index (χ0v) is 7.30. The molecule has 0 fully saturated rings. The van der Waals surface area contributed by atoms with Gasteiger partial charge >= 0.3 is 12.1 Å². The zero-order valence-electron chi connectivity index (χ0n) is 7.30. The summed E-state index contributed by atoms with van der Waals surface area (Å²) >= 11 is 0. The van der Waals surface area contributed by atoms with Crippen LogP contribution in [0.2, 0.25) is 0 Å². The summed E-state index contributed by atoms with van der Waals surface area (Å²) in [6, 6.07) is 0. The summed E-state index contributed by atoms with van der Waals surface area (Å²) < 4.78 is 40.2. The van der Waals surface area contributed by atoms with Crippen molar-refractivity contribution in [2.45, 2.75) is 25.1 Å². The van der Waals surface area contributed by atoms with Crippen LogP contribution in [-0.4, -0.2) is 24.7 Å². The first-order valence-electron chi connectivity index (χ1n) is 4.15. The van der Waals surface area contributed by atoms with Gasteiger partial charge in [-0.3, -0.25) is 4.79 Å². The highest BCUT2D eigenvalue weighted by molar-refractivity contribution is 5.81. The molecule has 0 aromatic carbocycles. The lowest BCUT2D eigenvalue weighted by Gasteiger charge is -2.19. The topological polar surface area (TPSA) is 38.3 Å². The minimum atomic E-state index is -4.81. The van der Waals surface area contributed by atoms with Gasteiger partial charge in [-0.25, -0.2) is 0 Å². The van der Waals surface area contributed by atoms with E-state index < -0.39 is 12.1 Å². The molecule has 0 spiro atoms. The molecule has 1 rings (SSSR count). The second-order valence-electron chi connectivity index (χ2n) is 2.92. The second-order valence-corrected chi connectivity index (χ2v) is 2.92. The minimum Gasteiger partial charge on any atom is -0.497 e. The molecule has 1 atom stereocenters. The summed E-state index contributed by atoms with van der Waals surface area (Å²) in [5, 5.41) is 1.77. The van der Waals surface area contributed by atoms with Crippen molar-refractivity contribution in [3.05, 3.63) is 12.3 Å². The first-order valence-corrected chi connectivity index (χ1v) is 4.15. The standard InChI is InChI=1S/C8H10F3NO2/c9-8(10,11)7(13)12-5-6-3-1-2-4-14-6/h2,4,6H,1,3,5H2,(H,12,13). The third-order valence-corrected chi connectivity index (χ3v) is 1.77. The predicted molar refractivity (Wildman–Crippen MR) is 42.3 cm³/mol. The number of carbonyl (C=O) groups excluding carboxylic acids is 1. The zero-order chi connectivity index (χ0) is 10.6. The Morgan fingerprint density at radius 2 is 2.29 bits per heavy atom. The quantitative estimate of drug-likeness (QED) is 0.745. The van der Waals surface area contributed by atoms with Gasteiger partial charge in [0.2, 0.25) is 0 Å². The van der Waals surface area contributed by atoms with Gasteiger partial charge in [0.15, 0.2) is 0 Å². The van der Waals surface area contributed by atoms with E-state index in [0.29, 0.717) is 6.42 Å². The van der Waals surface area contributed by atoms with Crippen molar-refractivity contribution in [3.63, 3.8) is 0 Å². The fourth-order valence-electron chi connectivity index (χ4n) is 1.04. The second kappa shape index (κ2) is 4.34. The van der Waals surface area contributed by atoms with Gasteiger partial charge in [0, 0.05) is 0 Å². The fraction of sp³-hybridized carbons (Fsp3) is 0.625. The van der Waals surface area contributed by atoms with Crippen molar-refractivity contribution in [3.8, 4) is 0 Å². The smallest absolute Gasteiger partial charge is 0.471 e. The molecule has 0 saturated heterocycles. The average Bonchev–Trinajstić information content (AvgIpc) is 2.14. The lowest BCUT2D eigenvalue weighted by atomic mass is 10.1. The van der Waals surface area contributed by atoms with E-state index in [-0.39, 0.29) is 12.6 Å². The number of allylic oxidation sites excluding steroid dienone is 1. The van der Waals surface area contributed by atoms with Gasteiger partial charge in [-0.2, -0.15) is 13.2 Å². The molecule has 1 aliphatic rings. The number of carbonyl (C=O) groups is 1. The molecule has 0 aliphatic carbocycles. The molecule has 1 unspecified atom stereocenters. The van der Waals surface area contributed by atoms with Crippen molar-refractivity contribution >= 4 is 5.91 Å². The molecule has 1 amide bonds. The molecular weight excluding hydrogens is 199 g/mol. The lowest BCUT2D eigenvalue weighted by molar-refractivity contribution is -0.174. The fourth-order valence-corrected chi connectivity index (χ4v) is 1.04. The van der Waals surface area contributed by atoms with Crippen LogP contribution in [0.4, 0.5) is 13.2 Å². The van der Waals surface area contributed by atoms with E-state index in [1.165, 1.54) is 6.26 Å². The van der Waals surface area contributed by atoms with Crippen molar-refractivity contribution in [2.24, 2.45) is 0 Å². The number of hydrogen-bond acceptors (Lipinski definition) is 2. The van der Waals surface area contributed by atoms with Crippen molar-refractivity contribution < 1.29 is 22.7 Å². The van der Waals surface area contributed by atoms with Crippen LogP contribution in [0, 0.1) is 0 Å². The van der Waals surface area contributed by atoms with E-state index in [1.54, 1.807) is 11.4 Å². The van der Waals surface area contributed by atoms with Gasteiger partial charge in [-0.15, -0.1) is 0 Å². The van der Waals surface area contributed by atoms with E-state index >= 15 is 0 Å². The molecule has 1 heterocycles. The van der Waals surface area contributed by atoms with Crippen LogP contribution >= 0.6 is 0 Å². The summed E-state index contributed by atoms with van der Waals surface area (Å²) in [4.78, 5) is 10.4. The van der Waals surface area contributed by atoms with Gasteiger partial charge in [0.25, 0.3) is 0 Å². The van der Waals surface area contributed by atoms with E-state index in [1.807, 2.05) is 0 Å². The Kier molecular flexibility index (Phi) is 3.38. The van der Waals surface area contributed by atoms with E-state index in [2.05, 4.69) is 0 Å². The highest BCUT2D eigenvalue weighted by atomic mass is 19.4. The number of hydrogen-bond donors (Lipinski definition) is 1. The maximum absolute atomic E-state index is 11.7. The first-order chi connectivity index (χ1) is 6.50. The van der Waals surface area contributed by atoms with Crippen LogP contribution in [0.1, 0.15) is 12.8 Å². The summed E-state index contributed by atoms with van der Waals surface area (Å²) in [6.07, 6.45) is -0.576. The van der Waals surface area contributed by atoms with Gasteiger partial charge in [-0.1, -0.05) is 0 Å². The maximum Gasteiger partial charge on any atom is 0.471 e. The van der Waals surface area contributed by atoms with Crippen molar-refractivity contribution in [1.82, 2.24) is 5.32 Å². The van der Waals surface area contributed by atoms with Crippen LogP contribution in [0.5, 0.6) is 0 Å².